The fraction of sp³-hybridized carbons (Fsp3) is 0.900. The van der Waals surface area contributed by atoms with Gasteiger partial charge < -0.3 is 5.11 Å². The molecule has 2 nitrogen and oxygen atoms in total. The van der Waals surface area contributed by atoms with Gasteiger partial charge in [0.1, 0.15) is 0 Å². The predicted molar refractivity (Wildman–Crippen MR) is 50.2 cm³/mol. The van der Waals surface area contributed by atoms with Crippen LogP contribution in [0.2, 0.25) is 0 Å². The standard InChI is InChI=1S/C10H20O2/c1-2-3-4-5-6-7-8-9-10(11)12/h2-9H2,1H3,(H,11,12)/i9D2. The van der Waals surface area contributed by atoms with E-state index in [0.717, 1.165) is 12.8 Å². The number of carboxylic acids is 1. The first-order chi connectivity index (χ1) is 6.50. The van der Waals surface area contributed by atoms with E-state index in [0.29, 0.717) is 6.42 Å². The average molecular weight is 174 g/mol. The maximum atomic E-state index is 10.4. The molecule has 0 unspecified atom stereocenters. The highest BCUT2D eigenvalue weighted by molar-refractivity contribution is 5.66. The van der Waals surface area contributed by atoms with E-state index in [1.165, 1.54) is 19.3 Å². The van der Waals surface area contributed by atoms with Gasteiger partial charge in [0.05, 0.1) is 0 Å². The highest BCUT2D eigenvalue weighted by Crippen LogP contribution is 2.07. The molecule has 0 aromatic carbocycles. The molecule has 0 aliphatic carbocycles. The van der Waals surface area contributed by atoms with Gasteiger partial charge in [-0.05, 0) is 6.42 Å². The van der Waals surface area contributed by atoms with E-state index >= 15 is 0 Å². The second kappa shape index (κ2) is 8.57. The van der Waals surface area contributed by atoms with E-state index in [1.807, 2.05) is 0 Å². The van der Waals surface area contributed by atoms with E-state index in [9.17, 15) is 4.79 Å². The summed E-state index contributed by atoms with van der Waals surface area (Å²) in [6.45, 7) is 2.14. The van der Waals surface area contributed by atoms with E-state index in [1.54, 1.807) is 0 Å². The summed E-state index contributed by atoms with van der Waals surface area (Å²) in [6.07, 6.45) is 4.37. The minimum atomic E-state index is -2.04. The number of carbonyl (C=O) groups is 1. The van der Waals surface area contributed by atoms with E-state index in [4.69, 9.17) is 7.85 Å². The molecule has 1 N–H and O–H groups in total. The second-order valence-corrected chi connectivity index (χ2v) is 3.00. The monoisotopic (exact) mass is 174 g/mol. The lowest BCUT2D eigenvalue weighted by molar-refractivity contribution is -0.137. The number of hydrogen-bond donors (Lipinski definition) is 1. The third-order valence-corrected chi connectivity index (χ3v) is 1.81. The molecule has 72 valence electrons. The van der Waals surface area contributed by atoms with Crippen molar-refractivity contribution in [2.45, 2.75) is 58.2 Å². The van der Waals surface area contributed by atoms with Crippen LogP contribution < -0.4 is 0 Å². The van der Waals surface area contributed by atoms with Gasteiger partial charge in [0.15, 0.2) is 0 Å². The largest absolute Gasteiger partial charge is 0.481 e. The summed E-state index contributed by atoms with van der Waals surface area (Å²) in [5.41, 5.74) is 0. The smallest absolute Gasteiger partial charge is 0.303 e. The number of rotatable bonds is 8. The Morgan fingerprint density at radius 2 is 1.67 bits per heavy atom. The first-order valence-electron chi connectivity index (χ1n) is 5.74. The van der Waals surface area contributed by atoms with Crippen molar-refractivity contribution in [3.63, 3.8) is 0 Å². The molecule has 0 fully saturated rings. The van der Waals surface area contributed by atoms with E-state index in [-0.39, 0.29) is 6.42 Å². The molecule has 2 heteroatoms. The Balaban J connectivity index is 3.40. The van der Waals surface area contributed by atoms with Crippen LogP contribution in [0.4, 0.5) is 0 Å². The quantitative estimate of drug-likeness (QED) is 0.574. The molecule has 0 saturated carbocycles. The summed E-state index contributed by atoms with van der Waals surface area (Å²) in [6, 6.07) is 0. The summed E-state index contributed by atoms with van der Waals surface area (Å²) in [5.74, 6) is -1.34. The van der Waals surface area contributed by atoms with Crippen molar-refractivity contribution in [3.8, 4) is 0 Å². The van der Waals surface area contributed by atoms with Crippen LogP contribution in [-0.4, -0.2) is 11.1 Å². The molecule has 0 rings (SSSR count). The van der Waals surface area contributed by atoms with Gasteiger partial charge in [-0.25, -0.2) is 0 Å². The fourth-order valence-electron chi connectivity index (χ4n) is 1.10. The normalized spacial score (nSPS) is 13.8. The third-order valence-electron chi connectivity index (χ3n) is 1.81. The molecular formula is C10H20O2. The number of unbranched alkanes of at least 4 members (excludes halogenated alkanes) is 5. The molecular weight excluding hydrogens is 152 g/mol. The van der Waals surface area contributed by atoms with Gasteiger partial charge in [-0.15, -0.1) is 0 Å². The lowest BCUT2D eigenvalue weighted by Crippen LogP contribution is -1.93. The van der Waals surface area contributed by atoms with Crippen LogP contribution in [0, 0.1) is 0 Å². The molecule has 0 aromatic rings. The zero-order valence-corrected chi connectivity index (χ0v) is 7.81. The lowest BCUT2D eigenvalue weighted by Gasteiger charge is -1.98. The maximum absolute atomic E-state index is 10.4. The Kier molecular flexibility index (Phi) is 5.77. The van der Waals surface area contributed by atoms with Crippen LogP contribution in [0.5, 0.6) is 0 Å². The van der Waals surface area contributed by atoms with Crippen LogP contribution in [0.1, 0.15) is 61.0 Å². The molecule has 0 aliphatic rings. The van der Waals surface area contributed by atoms with Crippen LogP contribution in [-0.2, 0) is 4.79 Å². The van der Waals surface area contributed by atoms with Gasteiger partial charge in [-0.2, -0.15) is 0 Å². The van der Waals surface area contributed by atoms with Gasteiger partial charge in [0, 0.05) is 9.11 Å². The summed E-state index contributed by atoms with van der Waals surface area (Å²) in [5, 5.41) is 8.51. The molecule has 0 radical (unpaired) electrons. The molecule has 0 aromatic heterocycles. The number of aliphatic carboxylic acids is 1. The minimum absolute atomic E-state index is 0.133. The molecule has 0 heterocycles. The third kappa shape index (κ3) is 9.47. The van der Waals surface area contributed by atoms with Crippen LogP contribution in [0.25, 0.3) is 0 Å². The second-order valence-electron chi connectivity index (χ2n) is 3.00. The van der Waals surface area contributed by atoms with E-state index < -0.39 is 12.3 Å². The molecule has 0 atom stereocenters. The van der Waals surface area contributed by atoms with Crippen LogP contribution in [0.15, 0.2) is 0 Å². The topological polar surface area (TPSA) is 37.3 Å². The highest BCUT2D eigenvalue weighted by Gasteiger charge is 1.95. The molecule has 0 spiro atoms. The Morgan fingerprint density at radius 3 is 2.17 bits per heavy atom. The Labute approximate surface area is 77.8 Å². The van der Waals surface area contributed by atoms with Gasteiger partial charge in [0.25, 0.3) is 0 Å². The summed E-state index contributed by atoms with van der Waals surface area (Å²) in [7, 11) is 0. The van der Waals surface area contributed by atoms with Crippen molar-refractivity contribution < 1.29 is 12.6 Å². The Bertz CT molecular complexity index is 170. The van der Waals surface area contributed by atoms with Gasteiger partial charge >= 0.3 is 5.97 Å². The first kappa shape index (κ1) is 8.09. The predicted octanol–water partition coefficient (Wildman–Crippen LogP) is 3.21. The zero-order valence-electron chi connectivity index (χ0n) is 9.81. The summed E-state index contributed by atoms with van der Waals surface area (Å²) in [4.78, 5) is 10.4. The van der Waals surface area contributed by atoms with Gasteiger partial charge in [-0.3, -0.25) is 4.79 Å². The van der Waals surface area contributed by atoms with Gasteiger partial charge in [0.2, 0.25) is 0 Å². The molecule has 0 bridgehead atoms. The van der Waals surface area contributed by atoms with Crippen molar-refractivity contribution in [1.82, 2.24) is 0 Å². The van der Waals surface area contributed by atoms with Crippen molar-refractivity contribution in [1.29, 1.82) is 0 Å². The molecule has 0 amide bonds. The van der Waals surface area contributed by atoms with Gasteiger partial charge in [-0.1, -0.05) is 45.4 Å². The van der Waals surface area contributed by atoms with Crippen molar-refractivity contribution in [2.75, 3.05) is 0 Å². The first-order valence-corrected chi connectivity index (χ1v) is 4.74. The van der Waals surface area contributed by atoms with Crippen molar-refractivity contribution >= 4 is 5.97 Å². The Hall–Kier alpha value is -0.530. The zero-order chi connectivity index (χ0) is 11.0. The van der Waals surface area contributed by atoms with Crippen molar-refractivity contribution in [2.24, 2.45) is 0 Å². The maximum Gasteiger partial charge on any atom is 0.303 e. The average Bonchev–Trinajstić information content (AvgIpc) is 2.10. The van der Waals surface area contributed by atoms with Crippen LogP contribution in [0.3, 0.4) is 0 Å². The lowest BCUT2D eigenvalue weighted by atomic mass is 10.1. The summed E-state index contributed by atoms with van der Waals surface area (Å²) >= 11 is 0. The van der Waals surface area contributed by atoms with E-state index in [2.05, 4.69) is 6.92 Å². The highest BCUT2D eigenvalue weighted by atomic mass is 16.4. The summed E-state index contributed by atoms with van der Waals surface area (Å²) < 4.78 is 14.3. The molecule has 0 saturated heterocycles. The number of carboxylic acid groups (broad SMARTS) is 1. The number of hydrogen-bond acceptors (Lipinski definition) is 1. The SMILES string of the molecule is [2H]C([2H])(CCCCCCCC)C(=O)O. The molecule has 0 aliphatic heterocycles. The molecule has 12 heavy (non-hydrogen) atoms. The minimum Gasteiger partial charge on any atom is -0.481 e. The van der Waals surface area contributed by atoms with Crippen molar-refractivity contribution in [3.05, 3.63) is 0 Å². The van der Waals surface area contributed by atoms with Crippen LogP contribution >= 0.6 is 0 Å². The fourth-order valence-corrected chi connectivity index (χ4v) is 1.10. The Morgan fingerprint density at radius 1 is 1.17 bits per heavy atom.